The largest absolute Gasteiger partial charge is 0.496 e. The lowest BCUT2D eigenvalue weighted by Crippen LogP contribution is -2.03. The van der Waals surface area contributed by atoms with E-state index in [0.29, 0.717) is 17.1 Å². The Kier molecular flexibility index (Phi) is 4.58. The van der Waals surface area contributed by atoms with Crippen LogP contribution in [-0.2, 0) is 6.61 Å². The number of methoxy groups -OCH3 is 1. The van der Waals surface area contributed by atoms with Crippen LogP contribution < -0.4 is 9.47 Å². The molecule has 0 amide bonds. The van der Waals surface area contributed by atoms with Crippen LogP contribution in [0.4, 0.5) is 4.39 Å². The topological polar surface area (TPSA) is 38.7 Å². The number of hydrogen-bond donors (Lipinski definition) is 1. The first-order valence-electron chi connectivity index (χ1n) is 6.34. The highest BCUT2D eigenvalue weighted by atomic mass is 19.1. The van der Waals surface area contributed by atoms with Gasteiger partial charge in [-0.25, -0.2) is 4.39 Å². The molecule has 0 heterocycles. The monoisotopic (exact) mass is 276 g/mol. The Morgan fingerprint density at radius 2 is 1.90 bits per heavy atom. The molecule has 0 radical (unpaired) electrons. The second-order valence-corrected chi connectivity index (χ2v) is 4.46. The van der Waals surface area contributed by atoms with Gasteiger partial charge in [0, 0.05) is 17.2 Å². The highest BCUT2D eigenvalue weighted by Crippen LogP contribution is 2.28. The van der Waals surface area contributed by atoms with E-state index in [4.69, 9.17) is 9.47 Å². The smallest absolute Gasteiger partial charge is 0.128 e. The summed E-state index contributed by atoms with van der Waals surface area (Å²) >= 11 is 0. The van der Waals surface area contributed by atoms with Crippen molar-refractivity contribution in [2.75, 3.05) is 7.11 Å². The fraction of sp³-hybridized carbons (Fsp3) is 0.250. The van der Waals surface area contributed by atoms with E-state index in [0.717, 1.165) is 5.56 Å². The van der Waals surface area contributed by atoms with Gasteiger partial charge in [-0.3, -0.25) is 0 Å². The van der Waals surface area contributed by atoms with Gasteiger partial charge < -0.3 is 14.6 Å². The Labute approximate surface area is 117 Å². The van der Waals surface area contributed by atoms with Crippen LogP contribution in [-0.4, -0.2) is 12.2 Å². The molecule has 2 aromatic rings. The number of aliphatic hydroxyl groups excluding tert-OH is 1. The highest BCUT2D eigenvalue weighted by Gasteiger charge is 2.11. The maximum Gasteiger partial charge on any atom is 0.128 e. The Morgan fingerprint density at radius 1 is 1.15 bits per heavy atom. The van der Waals surface area contributed by atoms with Crippen molar-refractivity contribution in [3.05, 3.63) is 59.4 Å². The predicted octanol–water partition coefficient (Wildman–Crippen LogP) is 3.47. The molecule has 20 heavy (non-hydrogen) atoms. The zero-order valence-corrected chi connectivity index (χ0v) is 11.5. The summed E-state index contributed by atoms with van der Waals surface area (Å²) in [6.07, 6.45) is -0.719. The molecular weight excluding hydrogens is 259 g/mol. The minimum atomic E-state index is -0.719. The summed E-state index contributed by atoms with van der Waals surface area (Å²) in [7, 11) is 1.59. The van der Waals surface area contributed by atoms with Crippen LogP contribution in [0, 0.1) is 5.82 Å². The molecule has 1 atom stereocenters. The van der Waals surface area contributed by atoms with Crippen LogP contribution in [0.5, 0.6) is 11.5 Å². The van der Waals surface area contributed by atoms with Crippen molar-refractivity contribution in [3.63, 3.8) is 0 Å². The average Bonchev–Trinajstić information content (AvgIpc) is 2.45. The molecule has 4 heteroatoms. The predicted molar refractivity (Wildman–Crippen MR) is 74.4 cm³/mol. The first-order valence-corrected chi connectivity index (χ1v) is 6.34. The highest BCUT2D eigenvalue weighted by molar-refractivity contribution is 5.37. The van der Waals surface area contributed by atoms with E-state index in [1.54, 1.807) is 14.0 Å². The quantitative estimate of drug-likeness (QED) is 0.908. The van der Waals surface area contributed by atoms with Crippen molar-refractivity contribution in [2.45, 2.75) is 19.6 Å². The Morgan fingerprint density at radius 3 is 2.60 bits per heavy atom. The molecule has 0 saturated heterocycles. The molecule has 0 unspecified atom stereocenters. The second-order valence-electron chi connectivity index (χ2n) is 4.46. The normalized spacial score (nSPS) is 12.0. The molecule has 106 valence electrons. The van der Waals surface area contributed by atoms with Crippen LogP contribution in [0.15, 0.2) is 42.5 Å². The molecule has 2 rings (SSSR count). The molecular formula is C16H17FO3. The summed E-state index contributed by atoms with van der Waals surface area (Å²) in [6.45, 7) is 1.86. The Bertz CT molecular complexity index is 582. The number of aliphatic hydroxyl groups is 1. The molecule has 2 aromatic carbocycles. The van der Waals surface area contributed by atoms with Gasteiger partial charge in [0.15, 0.2) is 0 Å². The molecule has 0 saturated carbocycles. The van der Waals surface area contributed by atoms with Crippen molar-refractivity contribution in [1.82, 2.24) is 0 Å². The number of para-hydroxylation sites is 1. The maximum absolute atomic E-state index is 13.3. The van der Waals surface area contributed by atoms with Gasteiger partial charge >= 0.3 is 0 Å². The van der Waals surface area contributed by atoms with E-state index in [-0.39, 0.29) is 6.61 Å². The fourth-order valence-corrected chi connectivity index (χ4v) is 1.96. The molecule has 0 aromatic heterocycles. The standard InChI is InChI=1S/C16H17FO3/c1-11(18)14-8-7-13(17)9-16(14)20-10-12-5-3-4-6-15(12)19-2/h3-9,11,18H,10H2,1-2H3/t11-/m0/s1. The van der Waals surface area contributed by atoms with Crippen molar-refractivity contribution in [2.24, 2.45) is 0 Å². The van der Waals surface area contributed by atoms with E-state index < -0.39 is 11.9 Å². The molecule has 3 nitrogen and oxygen atoms in total. The van der Waals surface area contributed by atoms with E-state index in [1.165, 1.54) is 18.2 Å². The van der Waals surface area contributed by atoms with E-state index >= 15 is 0 Å². The Hall–Kier alpha value is -2.07. The molecule has 0 bridgehead atoms. The summed E-state index contributed by atoms with van der Waals surface area (Å²) in [6, 6.07) is 11.6. The van der Waals surface area contributed by atoms with Gasteiger partial charge in [0.05, 0.1) is 13.2 Å². The van der Waals surface area contributed by atoms with Gasteiger partial charge in [-0.1, -0.05) is 18.2 Å². The molecule has 0 aliphatic carbocycles. The van der Waals surface area contributed by atoms with Crippen LogP contribution >= 0.6 is 0 Å². The zero-order valence-electron chi connectivity index (χ0n) is 11.5. The van der Waals surface area contributed by atoms with Gasteiger partial charge in [0.25, 0.3) is 0 Å². The number of benzene rings is 2. The third-order valence-electron chi connectivity index (χ3n) is 3.00. The molecule has 0 aliphatic heterocycles. The number of ether oxygens (including phenoxy) is 2. The van der Waals surface area contributed by atoms with Crippen LogP contribution in [0.3, 0.4) is 0 Å². The maximum atomic E-state index is 13.3. The minimum Gasteiger partial charge on any atom is -0.496 e. The summed E-state index contributed by atoms with van der Waals surface area (Å²) in [5.41, 5.74) is 1.41. The fourth-order valence-electron chi connectivity index (χ4n) is 1.96. The van der Waals surface area contributed by atoms with E-state index in [2.05, 4.69) is 0 Å². The summed E-state index contributed by atoms with van der Waals surface area (Å²) < 4.78 is 24.2. The molecule has 0 fully saturated rings. The van der Waals surface area contributed by atoms with Crippen LogP contribution in [0.1, 0.15) is 24.2 Å². The SMILES string of the molecule is COc1ccccc1COc1cc(F)ccc1[C@H](C)O. The van der Waals surface area contributed by atoms with Gasteiger partial charge in [0.2, 0.25) is 0 Å². The summed E-state index contributed by atoms with van der Waals surface area (Å²) in [5.74, 6) is 0.651. The lowest BCUT2D eigenvalue weighted by Gasteiger charge is -2.14. The van der Waals surface area contributed by atoms with Crippen LogP contribution in [0.25, 0.3) is 0 Å². The summed E-state index contributed by atoms with van der Waals surface area (Å²) in [5, 5.41) is 9.67. The zero-order chi connectivity index (χ0) is 14.5. The lowest BCUT2D eigenvalue weighted by atomic mass is 10.1. The minimum absolute atomic E-state index is 0.243. The number of hydrogen-bond acceptors (Lipinski definition) is 3. The van der Waals surface area contributed by atoms with Gasteiger partial charge in [-0.05, 0) is 25.1 Å². The molecule has 1 N–H and O–H groups in total. The molecule has 0 spiro atoms. The van der Waals surface area contributed by atoms with E-state index in [9.17, 15) is 9.50 Å². The third-order valence-corrected chi connectivity index (χ3v) is 3.00. The van der Waals surface area contributed by atoms with Gasteiger partial charge in [-0.15, -0.1) is 0 Å². The average molecular weight is 276 g/mol. The van der Waals surface area contributed by atoms with Crippen molar-refractivity contribution >= 4 is 0 Å². The Balaban J connectivity index is 2.20. The van der Waals surface area contributed by atoms with Crippen molar-refractivity contribution in [3.8, 4) is 11.5 Å². The lowest BCUT2D eigenvalue weighted by molar-refractivity contribution is 0.189. The second kappa shape index (κ2) is 6.39. The first kappa shape index (κ1) is 14.3. The molecule has 0 aliphatic rings. The van der Waals surface area contributed by atoms with Crippen molar-refractivity contribution < 1.29 is 19.0 Å². The number of halogens is 1. The van der Waals surface area contributed by atoms with Gasteiger partial charge in [-0.2, -0.15) is 0 Å². The first-order chi connectivity index (χ1) is 9.61. The third kappa shape index (κ3) is 3.27. The van der Waals surface area contributed by atoms with Crippen LogP contribution in [0.2, 0.25) is 0 Å². The number of rotatable bonds is 5. The van der Waals surface area contributed by atoms with Gasteiger partial charge in [0.1, 0.15) is 23.9 Å². The van der Waals surface area contributed by atoms with E-state index in [1.807, 2.05) is 24.3 Å². The van der Waals surface area contributed by atoms with Crippen molar-refractivity contribution in [1.29, 1.82) is 0 Å². The summed E-state index contributed by atoms with van der Waals surface area (Å²) in [4.78, 5) is 0.